The lowest BCUT2D eigenvalue weighted by Crippen LogP contribution is -2.43. The molecule has 2 amide bonds. The molecule has 1 aromatic rings. The molecular formula is C11H13NO2S. The molecule has 0 spiro atoms. The number of carbonyl (C=O) groups excluding carboxylic acids is 2. The first-order valence-corrected chi connectivity index (χ1v) is 5.85. The Balaban J connectivity index is 2.32. The Morgan fingerprint density at radius 2 is 2.20 bits per heavy atom. The van der Waals surface area contributed by atoms with Gasteiger partial charge in [0.1, 0.15) is 0 Å². The average Bonchev–Trinajstić information content (AvgIpc) is 2.58. The lowest BCUT2D eigenvalue weighted by molar-refractivity contribution is -0.136. The molecule has 2 heterocycles. The Morgan fingerprint density at radius 3 is 2.80 bits per heavy atom. The maximum Gasteiger partial charge on any atom is 0.230 e. The Hall–Kier alpha value is -1.16. The molecule has 80 valence electrons. The smallest absolute Gasteiger partial charge is 0.230 e. The molecular weight excluding hydrogens is 210 g/mol. The maximum atomic E-state index is 11.5. The summed E-state index contributed by atoms with van der Waals surface area (Å²) in [4.78, 5) is 24.0. The van der Waals surface area contributed by atoms with Gasteiger partial charge in [-0.25, -0.2) is 0 Å². The van der Waals surface area contributed by atoms with Crippen LogP contribution in [0.4, 0.5) is 0 Å². The predicted molar refractivity (Wildman–Crippen MR) is 58.7 cm³/mol. The fourth-order valence-electron chi connectivity index (χ4n) is 1.95. The third-order valence-corrected chi connectivity index (χ3v) is 4.07. The molecule has 2 unspecified atom stereocenters. The van der Waals surface area contributed by atoms with Crippen LogP contribution in [0.3, 0.4) is 0 Å². The van der Waals surface area contributed by atoms with Gasteiger partial charge in [0.2, 0.25) is 11.8 Å². The van der Waals surface area contributed by atoms with E-state index in [1.54, 1.807) is 11.3 Å². The number of amides is 2. The molecule has 2 atom stereocenters. The normalized spacial score (nSPS) is 26.5. The number of piperidine rings is 1. The van der Waals surface area contributed by atoms with Gasteiger partial charge in [-0.3, -0.25) is 14.9 Å². The zero-order valence-corrected chi connectivity index (χ0v) is 9.56. The molecule has 0 aliphatic carbocycles. The van der Waals surface area contributed by atoms with Crippen molar-refractivity contribution >= 4 is 23.2 Å². The van der Waals surface area contributed by atoms with Crippen molar-refractivity contribution in [3.8, 4) is 0 Å². The summed E-state index contributed by atoms with van der Waals surface area (Å²) in [5.74, 6) is -0.355. The molecule has 0 saturated carbocycles. The second kappa shape index (κ2) is 3.77. The zero-order valence-electron chi connectivity index (χ0n) is 8.74. The number of aryl methyl sites for hydroxylation is 1. The summed E-state index contributed by atoms with van der Waals surface area (Å²) in [6.07, 6.45) is 0.425. The van der Waals surface area contributed by atoms with Gasteiger partial charge in [-0.15, -0.1) is 11.3 Å². The summed E-state index contributed by atoms with van der Waals surface area (Å²) in [6.45, 7) is 3.90. The molecule has 0 radical (unpaired) electrons. The molecule has 1 aromatic heterocycles. The van der Waals surface area contributed by atoms with Crippen LogP contribution in [0, 0.1) is 12.8 Å². The van der Waals surface area contributed by atoms with Crippen molar-refractivity contribution in [1.29, 1.82) is 0 Å². The SMILES string of the molecule is Cc1ccsc1C1CC(=O)NC(=O)C1C. The lowest BCUT2D eigenvalue weighted by Gasteiger charge is -2.27. The molecule has 0 aromatic carbocycles. The van der Waals surface area contributed by atoms with E-state index in [2.05, 4.69) is 5.32 Å². The van der Waals surface area contributed by atoms with Crippen LogP contribution in [0.5, 0.6) is 0 Å². The van der Waals surface area contributed by atoms with E-state index >= 15 is 0 Å². The van der Waals surface area contributed by atoms with E-state index in [1.807, 2.05) is 25.3 Å². The van der Waals surface area contributed by atoms with Crippen molar-refractivity contribution in [3.63, 3.8) is 0 Å². The monoisotopic (exact) mass is 223 g/mol. The first-order valence-electron chi connectivity index (χ1n) is 4.97. The first-order chi connectivity index (χ1) is 7.09. The molecule has 1 N–H and O–H groups in total. The molecule has 2 rings (SSSR count). The van der Waals surface area contributed by atoms with Crippen molar-refractivity contribution in [2.75, 3.05) is 0 Å². The van der Waals surface area contributed by atoms with Crippen LogP contribution in [0.1, 0.15) is 29.7 Å². The highest BCUT2D eigenvalue weighted by Gasteiger charge is 2.34. The minimum atomic E-state index is -0.157. The largest absolute Gasteiger partial charge is 0.296 e. The average molecular weight is 223 g/mol. The van der Waals surface area contributed by atoms with E-state index in [9.17, 15) is 9.59 Å². The van der Waals surface area contributed by atoms with Crippen LogP contribution in [-0.4, -0.2) is 11.8 Å². The number of thiophene rings is 1. The minimum Gasteiger partial charge on any atom is -0.296 e. The molecule has 15 heavy (non-hydrogen) atoms. The first kappa shape index (κ1) is 10.4. The summed E-state index contributed by atoms with van der Waals surface area (Å²) in [5.41, 5.74) is 1.18. The lowest BCUT2D eigenvalue weighted by atomic mass is 9.84. The second-order valence-corrected chi connectivity index (χ2v) is 4.93. The van der Waals surface area contributed by atoms with Gasteiger partial charge in [0, 0.05) is 23.1 Å². The summed E-state index contributed by atoms with van der Waals surface area (Å²) < 4.78 is 0. The number of carbonyl (C=O) groups is 2. The van der Waals surface area contributed by atoms with E-state index in [0.29, 0.717) is 6.42 Å². The van der Waals surface area contributed by atoms with Gasteiger partial charge in [-0.1, -0.05) is 6.92 Å². The number of imide groups is 1. The molecule has 1 saturated heterocycles. The summed E-state index contributed by atoms with van der Waals surface area (Å²) >= 11 is 1.63. The minimum absolute atomic E-state index is 0.0613. The topological polar surface area (TPSA) is 46.2 Å². The van der Waals surface area contributed by atoms with E-state index in [-0.39, 0.29) is 23.7 Å². The Labute approximate surface area is 92.5 Å². The second-order valence-electron chi connectivity index (χ2n) is 3.98. The van der Waals surface area contributed by atoms with Crippen LogP contribution in [0.25, 0.3) is 0 Å². The summed E-state index contributed by atoms with van der Waals surface area (Å²) in [5, 5.41) is 4.38. The van der Waals surface area contributed by atoms with Gasteiger partial charge in [-0.05, 0) is 23.9 Å². The van der Waals surface area contributed by atoms with Gasteiger partial charge in [-0.2, -0.15) is 0 Å². The number of hydrogen-bond donors (Lipinski definition) is 1. The van der Waals surface area contributed by atoms with Crippen LogP contribution < -0.4 is 5.32 Å². The fraction of sp³-hybridized carbons (Fsp3) is 0.455. The Bertz CT molecular complexity index is 410. The molecule has 3 nitrogen and oxygen atoms in total. The Kier molecular flexibility index (Phi) is 2.61. The predicted octanol–water partition coefficient (Wildman–Crippen LogP) is 1.82. The molecule has 1 aliphatic rings. The third-order valence-electron chi connectivity index (χ3n) is 2.92. The van der Waals surface area contributed by atoms with Gasteiger partial charge in [0.15, 0.2) is 0 Å². The molecule has 4 heteroatoms. The van der Waals surface area contributed by atoms with Crippen molar-refractivity contribution in [3.05, 3.63) is 21.9 Å². The van der Waals surface area contributed by atoms with E-state index < -0.39 is 0 Å². The van der Waals surface area contributed by atoms with Crippen LogP contribution in [-0.2, 0) is 9.59 Å². The standard InChI is InChI=1S/C11H13NO2S/c1-6-3-4-15-10(6)8-5-9(13)12-11(14)7(8)2/h3-4,7-8H,5H2,1-2H3,(H,12,13,14). The summed E-state index contributed by atoms with van der Waals surface area (Å²) in [7, 11) is 0. The Morgan fingerprint density at radius 1 is 1.47 bits per heavy atom. The number of hydrogen-bond acceptors (Lipinski definition) is 3. The zero-order chi connectivity index (χ0) is 11.0. The summed E-state index contributed by atoms with van der Waals surface area (Å²) in [6, 6.07) is 2.03. The highest BCUT2D eigenvalue weighted by atomic mass is 32.1. The van der Waals surface area contributed by atoms with Gasteiger partial charge in [0.25, 0.3) is 0 Å². The quantitative estimate of drug-likeness (QED) is 0.738. The van der Waals surface area contributed by atoms with Crippen molar-refractivity contribution < 1.29 is 9.59 Å². The number of rotatable bonds is 1. The van der Waals surface area contributed by atoms with Gasteiger partial charge >= 0.3 is 0 Å². The van der Waals surface area contributed by atoms with E-state index in [1.165, 1.54) is 10.4 Å². The highest BCUT2D eigenvalue weighted by molar-refractivity contribution is 7.10. The fourth-order valence-corrected chi connectivity index (χ4v) is 3.08. The highest BCUT2D eigenvalue weighted by Crippen LogP contribution is 2.36. The van der Waals surface area contributed by atoms with Crippen molar-refractivity contribution in [2.24, 2.45) is 5.92 Å². The number of nitrogens with one attached hydrogen (secondary N) is 1. The van der Waals surface area contributed by atoms with Crippen molar-refractivity contribution in [2.45, 2.75) is 26.2 Å². The molecule has 0 bridgehead atoms. The van der Waals surface area contributed by atoms with Crippen LogP contribution >= 0.6 is 11.3 Å². The van der Waals surface area contributed by atoms with E-state index in [0.717, 1.165) is 0 Å². The van der Waals surface area contributed by atoms with Crippen molar-refractivity contribution in [1.82, 2.24) is 5.32 Å². The maximum absolute atomic E-state index is 11.5. The van der Waals surface area contributed by atoms with Gasteiger partial charge in [0.05, 0.1) is 0 Å². The third kappa shape index (κ3) is 1.81. The molecule has 1 fully saturated rings. The van der Waals surface area contributed by atoms with E-state index in [4.69, 9.17) is 0 Å². The van der Waals surface area contributed by atoms with Gasteiger partial charge < -0.3 is 0 Å². The van der Waals surface area contributed by atoms with Crippen LogP contribution in [0.15, 0.2) is 11.4 Å². The molecule has 1 aliphatic heterocycles. The van der Waals surface area contributed by atoms with Crippen LogP contribution in [0.2, 0.25) is 0 Å².